The standard InChI is InChI=1S/C21H14Cl4N2/c22-14-7-5-13(6-8-14)19-12-20(16-3-1-2-4-17(16)24)27(26-19)21-11-15(23)9-10-18(21)25/h1-11,20H,12H2. The van der Waals surface area contributed by atoms with E-state index in [1.165, 1.54) is 0 Å². The molecule has 6 heteroatoms. The topological polar surface area (TPSA) is 15.6 Å². The summed E-state index contributed by atoms with van der Waals surface area (Å²) in [5, 5.41) is 9.33. The summed E-state index contributed by atoms with van der Waals surface area (Å²) >= 11 is 25.2. The summed E-state index contributed by atoms with van der Waals surface area (Å²) in [5.41, 5.74) is 3.69. The van der Waals surface area contributed by atoms with Gasteiger partial charge in [0, 0.05) is 21.5 Å². The molecule has 0 fully saturated rings. The minimum absolute atomic E-state index is 0.0830. The number of hydrazone groups is 1. The summed E-state index contributed by atoms with van der Waals surface area (Å²) in [6, 6.07) is 20.7. The minimum Gasteiger partial charge on any atom is -0.256 e. The highest BCUT2D eigenvalue weighted by atomic mass is 35.5. The molecule has 3 aromatic rings. The Kier molecular flexibility index (Phi) is 5.34. The number of rotatable bonds is 3. The Morgan fingerprint density at radius 1 is 0.778 bits per heavy atom. The van der Waals surface area contributed by atoms with Gasteiger partial charge in [-0.25, -0.2) is 0 Å². The van der Waals surface area contributed by atoms with Gasteiger partial charge in [-0.05, 0) is 47.5 Å². The molecule has 1 aliphatic rings. The van der Waals surface area contributed by atoms with Crippen LogP contribution < -0.4 is 5.01 Å². The lowest BCUT2D eigenvalue weighted by Gasteiger charge is -2.25. The summed E-state index contributed by atoms with van der Waals surface area (Å²) in [6.07, 6.45) is 0.689. The van der Waals surface area contributed by atoms with Crippen LogP contribution in [0.5, 0.6) is 0 Å². The molecule has 0 saturated heterocycles. The van der Waals surface area contributed by atoms with Crippen LogP contribution in [-0.4, -0.2) is 5.71 Å². The first-order valence-electron chi connectivity index (χ1n) is 8.35. The number of anilines is 1. The molecule has 2 nitrogen and oxygen atoms in total. The number of benzene rings is 3. The van der Waals surface area contributed by atoms with E-state index >= 15 is 0 Å². The van der Waals surface area contributed by atoms with E-state index in [0.29, 0.717) is 26.5 Å². The van der Waals surface area contributed by atoms with Crippen molar-refractivity contribution in [2.24, 2.45) is 5.10 Å². The highest BCUT2D eigenvalue weighted by Crippen LogP contribution is 2.42. The molecular weight excluding hydrogens is 422 g/mol. The second kappa shape index (κ2) is 7.73. The summed E-state index contributed by atoms with van der Waals surface area (Å²) in [4.78, 5) is 0. The van der Waals surface area contributed by atoms with E-state index in [9.17, 15) is 0 Å². The molecule has 0 amide bonds. The molecule has 0 spiro atoms. The quantitative estimate of drug-likeness (QED) is 0.412. The molecular formula is C21H14Cl4N2. The Morgan fingerprint density at radius 2 is 1.48 bits per heavy atom. The predicted octanol–water partition coefficient (Wildman–Crippen LogP) is 7.66. The second-order valence-electron chi connectivity index (χ2n) is 6.24. The van der Waals surface area contributed by atoms with Gasteiger partial charge in [0.05, 0.1) is 22.5 Å². The zero-order valence-corrected chi connectivity index (χ0v) is 17.1. The smallest absolute Gasteiger partial charge is 0.0846 e. The fourth-order valence-corrected chi connectivity index (χ4v) is 3.96. The van der Waals surface area contributed by atoms with Crippen molar-refractivity contribution in [1.29, 1.82) is 0 Å². The summed E-state index contributed by atoms with van der Waals surface area (Å²) in [6.45, 7) is 0. The number of hydrogen-bond acceptors (Lipinski definition) is 2. The van der Waals surface area contributed by atoms with E-state index in [0.717, 1.165) is 22.5 Å². The first-order chi connectivity index (χ1) is 13.0. The van der Waals surface area contributed by atoms with E-state index < -0.39 is 0 Å². The third-order valence-corrected chi connectivity index (χ3v) is 5.66. The normalized spacial score (nSPS) is 16.5. The lowest BCUT2D eigenvalue weighted by Crippen LogP contribution is -2.19. The van der Waals surface area contributed by atoms with Crippen LogP contribution in [0.2, 0.25) is 20.1 Å². The summed E-state index contributed by atoms with van der Waals surface area (Å²) in [7, 11) is 0. The fraction of sp³-hybridized carbons (Fsp3) is 0.0952. The molecule has 0 radical (unpaired) electrons. The van der Waals surface area contributed by atoms with E-state index in [4.69, 9.17) is 51.5 Å². The summed E-state index contributed by atoms with van der Waals surface area (Å²) in [5.74, 6) is 0. The number of nitrogens with zero attached hydrogens (tertiary/aromatic N) is 2. The molecule has 1 atom stereocenters. The highest BCUT2D eigenvalue weighted by molar-refractivity contribution is 6.35. The monoisotopic (exact) mass is 434 g/mol. The molecule has 0 aromatic heterocycles. The van der Waals surface area contributed by atoms with Crippen LogP contribution in [0, 0.1) is 0 Å². The van der Waals surface area contributed by atoms with Crippen LogP contribution in [0.1, 0.15) is 23.6 Å². The third kappa shape index (κ3) is 3.81. The van der Waals surface area contributed by atoms with Gasteiger partial charge in [0.25, 0.3) is 0 Å². The van der Waals surface area contributed by atoms with Gasteiger partial charge in [0.15, 0.2) is 0 Å². The average molecular weight is 436 g/mol. The van der Waals surface area contributed by atoms with Gasteiger partial charge in [-0.1, -0.05) is 76.7 Å². The van der Waals surface area contributed by atoms with Crippen molar-refractivity contribution in [2.75, 3.05) is 5.01 Å². The van der Waals surface area contributed by atoms with Crippen molar-refractivity contribution < 1.29 is 0 Å². The SMILES string of the molecule is Clc1ccc(C2=NN(c3cc(Cl)ccc3Cl)C(c3ccccc3Cl)C2)cc1. The summed E-state index contributed by atoms with van der Waals surface area (Å²) < 4.78 is 0. The molecule has 0 bridgehead atoms. The fourth-order valence-electron chi connectivity index (χ4n) is 3.20. The predicted molar refractivity (Wildman–Crippen MR) is 116 cm³/mol. The molecule has 136 valence electrons. The van der Waals surface area contributed by atoms with Crippen LogP contribution in [-0.2, 0) is 0 Å². The first kappa shape index (κ1) is 18.6. The van der Waals surface area contributed by atoms with Crippen LogP contribution in [0.3, 0.4) is 0 Å². The number of halogens is 4. The molecule has 1 heterocycles. The van der Waals surface area contributed by atoms with Crippen molar-refractivity contribution in [1.82, 2.24) is 0 Å². The zero-order valence-electron chi connectivity index (χ0n) is 14.0. The van der Waals surface area contributed by atoms with Gasteiger partial charge in [-0.15, -0.1) is 0 Å². The maximum absolute atomic E-state index is 6.49. The van der Waals surface area contributed by atoms with E-state index in [2.05, 4.69) is 0 Å². The Bertz CT molecular complexity index is 1010. The van der Waals surface area contributed by atoms with Crippen LogP contribution in [0.4, 0.5) is 5.69 Å². The maximum Gasteiger partial charge on any atom is 0.0846 e. The van der Waals surface area contributed by atoms with Gasteiger partial charge in [0.2, 0.25) is 0 Å². The Balaban J connectivity index is 1.82. The molecule has 0 N–H and O–H groups in total. The van der Waals surface area contributed by atoms with Crippen LogP contribution in [0.15, 0.2) is 71.8 Å². The maximum atomic E-state index is 6.49. The van der Waals surface area contributed by atoms with Crippen LogP contribution in [0.25, 0.3) is 0 Å². The van der Waals surface area contributed by atoms with Gasteiger partial charge < -0.3 is 0 Å². The highest BCUT2D eigenvalue weighted by Gasteiger charge is 2.32. The van der Waals surface area contributed by atoms with Crippen molar-refractivity contribution in [2.45, 2.75) is 12.5 Å². The molecule has 1 unspecified atom stereocenters. The number of hydrogen-bond donors (Lipinski definition) is 0. The molecule has 4 rings (SSSR count). The van der Waals surface area contributed by atoms with Gasteiger partial charge in [0.1, 0.15) is 0 Å². The van der Waals surface area contributed by atoms with Gasteiger partial charge in [-0.3, -0.25) is 5.01 Å². The second-order valence-corrected chi connectivity index (χ2v) is 7.92. The largest absolute Gasteiger partial charge is 0.256 e. The Labute approximate surface area is 177 Å². The minimum atomic E-state index is -0.0830. The molecule has 0 saturated carbocycles. The van der Waals surface area contributed by atoms with Crippen LogP contribution >= 0.6 is 46.4 Å². The Morgan fingerprint density at radius 3 is 2.22 bits per heavy atom. The Hall–Kier alpha value is -1.71. The van der Waals surface area contributed by atoms with Gasteiger partial charge >= 0.3 is 0 Å². The van der Waals surface area contributed by atoms with E-state index in [1.807, 2.05) is 59.6 Å². The van der Waals surface area contributed by atoms with Crippen molar-refractivity contribution in [3.63, 3.8) is 0 Å². The molecule has 0 aliphatic carbocycles. The molecule has 1 aliphatic heterocycles. The lowest BCUT2D eigenvalue weighted by atomic mass is 9.98. The van der Waals surface area contributed by atoms with Crippen molar-refractivity contribution in [3.8, 4) is 0 Å². The molecule has 3 aromatic carbocycles. The third-order valence-electron chi connectivity index (χ3n) is 4.51. The lowest BCUT2D eigenvalue weighted by molar-refractivity contribution is 0.709. The zero-order chi connectivity index (χ0) is 19.0. The average Bonchev–Trinajstić information content (AvgIpc) is 3.09. The van der Waals surface area contributed by atoms with Gasteiger partial charge in [-0.2, -0.15) is 5.10 Å². The van der Waals surface area contributed by atoms with Crippen molar-refractivity contribution in [3.05, 3.63) is 97.9 Å². The molecule has 27 heavy (non-hydrogen) atoms. The van der Waals surface area contributed by atoms with E-state index in [1.54, 1.807) is 12.1 Å². The van der Waals surface area contributed by atoms with Crippen molar-refractivity contribution >= 4 is 57.8 Å². The van der Waals surface area contributed by atoms with E-state index in [-0.39, 0.29) is 6.04 Å². The first-order valence-corrected chi connectivity index (χ1v) is 9.86.